The summed E-state index contributed by atoms with van der Waals surface area (Å²) in [5, 5.41) is 4.25. The normalized spacial score (nSPS) is 17.3. The second-order valence-electron chi connectivity index (χ2n) is 9.15. The zero-order valence-electron chi connectivity index (χ0n) is 21.0. The molecule has 15 heteroatoms. The minimum atomic E-state index is -4.82. The van der Waals surface area contributed by atoms with Gasteiger partial charge in [-0.1, -0.05) is 18.2 Å². The molecule has 0 bridgehead atoms. The summed E-state index contributed by atoms with van der Waals surface area (Å²) >= 11 is 0. The second-order valence-corrected chi connectivity index (χ2v) is 10.4. The molecule has 39 heavy (non-hydrogen) atoms. The number of piperazine rings is 1. The molecule has 204 valence electrons. The van der Waals surface area contributed by atoms with E-state index in [0.29, 0.717) is 22.6 Å². The first kappa shape index (κ1) is 26.6. The average molecular weight is 555 g/mol. The minimum Gasteiger partial charge on any atom is -0.344 e. The van der Waals surface area contributed by atoms with E-state index in [4.69, 9.17) is 4.52 Å². The maximum atomic E-state index is 13.5. The molecule has 1 atom stereocenters. The Morgan fingerprint density at radius 2 is 1.72 bits per heavy atom. The lowest BCUT2D eigenvalue weighted by atomic mass is 9.96. The van der Waals surface area contributed by atoms with Crippen LogP contribution in [0.1, 0.15) is 27.7 Å². The number of aryl methyl sites for hydroxylation is 1. The fraction of sp³-hybridized carbons (Fsp3) is 0.333. The number of rotatable bonds is 7. The maximum absolute atomic E-state index is 13.5. The number of carbonyl (C=O) groups is 3. The number of phosphoric ester groups is 1. The van der Waals surface area contributed by atoms with E-state index >= 15 is 0 Å². The summed E-state index contributed by atoms with van der Waals surface area (Å²) < 4.78 is 17.5. The molecule has 2 aromatic heterocycles. The summed E-state index contributed by atoms with van der Waals surface area (Å²) in [5.41, 5.74) is 1.37. The molecular weight excluding hydrogens is 529 g/mol. The zero-order chi connectivity index (χ0) is 27.7. The Hall–Kier alpha value is -3.97. The Kier molecular flexibility index (Phi) is 7.28. The number of carbonyl (C=O) groups excluding carboxylic acids is 3. The van der Waals surface area contributed by atoms with Crippen LogP contribution in [0.25, 0.3) is 5.82 Å². The number of aromatic nitrogens is 4. The number of phosphoric acid groups is 1. The number of anilines is 1. The molecule has 0 spiro atoms. The van der Waals surface area contributed by atoms with Gasteiger partial charge in [-0.3, -0.25) is 18.9 Å². The Morgan fingerprint density at radius 3 is 2.36 bits per heavy atom. The van der Waals surface area contributed by atoms with E-state index in [9.17, 15) is 28.7 Å². The largest absolute Gasteiger partial charge is 0.471 e. The number of ketones is 1. The van der Waals surface area contributed by atoms with E-state index in [1.54, 1.807) is 42.2 Å². The lowest BCUT2D eigenvalue weighted by Crippen LogP contribution is -2.52. The van der Waals surface area contributed by atoms with Gasteiger partial charge in [0.15, 0.2) is 5.82 Å². The monoisotopic (exact) mass is 555 g/mol. The van der Waals surface area contributed by atoms with Crippen molar-refractivity contribution >= 4 is 31.1 Å². The van der Waals surface area contributed by atoms with Crippen LogP contribution in [0.3, 0.4) is 0 Å². The zero-order valence-corrected chi connectivity index (χ0v) is 21.8. The van der Waals surface area contributed by atoms with Crippen LogP contribution < -0.4 is 4.90 Å². The van der Waals surface area contributed by atoms with Crippen molar-refractivity contribution in [2.45, 2.75) is 12.8 Å². The Bertz CT molecular complexity index is 1450. The van der Waals surface area contributed by atoms with Crippen LogP contribution >= 0.6 is 7.82 Å². The molecule has 2 amide bonds. The average Bonchev–Trinajstić information content (AvgIpc) is 3.54. The van der Waals surface area contributed by atoms with Crippen LogP contribution in [0.4, 0.5) is 5.69 Å². The van der Waals surface area contributed by atoms with Gasteiger partial charge in [0, 0.05) is 44.5 Å². The predicted molar refractivity (Wildman–Crippen MR) is 136 cm³/mol. The Balaban J connectivity index is 1.34. The SMILES string of the molecule is Cc1ncn(-c2nccc3c2N(COP(=O)(O)O)CC3C(=O)C(=O)N2CCN(C(=O)c3ccccc3)CC2)n1. The van der Waals surface area contributed by atoms with Crippen molar-refractivity contribution in [1.29, 1.82) is 0 Å². The molecule has 14 nitrogen and oxygen atoms in total. The Labute approximate surface area is 223 Å². The molecule has 1 fully saturated rings. The van der Waals surface area contributed by atoms with Gasteiger partial charge in [-0.25, -0.2) is 19.2 Å². The number of nitrogens with zero attached hydrogens (tertiary/aromatic N) is 7. The van der Waals surface area contributed by atoms with Gasteiger partial charge in [-0.2, -0.15) is 5.10 Å². The lowest BCUT2D eigenvalue weighted by molar-refractivity contribution is -0.146. The summed E-state index contributed by atoms with van der Waals surface area (Å²) in [6.45, 7) is 2.07. The summed E-state index contributed by atoms with van der Waals surface area (Å²) in [6, 6.07) is 10.4. The summed E-state index contributed by atoms with van der Waals surface area (Å²) in [5.74, 6) is -1.68. The van der Waals surface area contributed by atoms with Gasteiger partial charge in [-0.05, 0) is 30.7 Å². The smallest absolute Gasteiger partial charge is 0.344 e. The van der Waals surface area contributed by atoms with Crippen LogP contribution in [0.15, 0.2) is 48.9 Å². The molecule has 4 heterocycles. The topological polar surface area (TPSA) is 171 Å². The molecule has 2 N–H and O–H groups in total. The lowest BCUT2D eigenvalue weighted by Gasteiger charge is -2.34. The molecule has 1 unspecified atom stereocenters. The highest BCUT2D eigenvalue weighted by molar-refractivity contribution is 7.46. The van der Waals surface area contributed by atoms with Crippen LogP contribution in [-0.4, -0.2) is 96.4 Å². The van der Waals surface area contributed by atoms with Crippen LogP contribution in [-0.2, 0) is 18.7 Å². The Morgan fingerprint density at radius 1 is 1.03 bits per heavy atom. The maximum Gasteiger partial charge on any atom is 0.471 e. The first-order valence-corrected chi connectivity index (χ1v) is 13.7. The number of Topliss-reactive ketones (excluding diaryl/α,β-unsaturated/α-hetero) is 1. The second kappa shape index (κ2) is 10.7. The van der Waals surface area contributed by atoms with Crippen molar-refractivity contribution in [2.75, 3.05) is 44.4 Å². The van der Waals surface area contributed by atoms with Gasteiger partial charge >= 0.3 is 7.82 Å². The van der Waals surface area contributed by atoms with Gasteiger partial charge < -0.3 is 24.5 Å². The molecule has 2 aliphatic heterocycles. The van der Waals surface area contributed by atoms with Crippen molar-refractivity contribution in [3.8, 4) is 5.82 Å². The third kappa shape index (κ3) is 5.59. The van der Waals surface area contributed by atoms with Crippen LogP contribution in [0.2, 0.25) is 0 Å². The van der Waals surface area contributed by atoms with Crippen molar-refractivity contribution in [1.82, 2.24) is 29.5 Å². The fourth-order valence-electron chi connectivity index (χ4n) is 4.76. The minimum absolute atomic E-state index is 0.0568. The highest BCUT2D eigenvalue weighted by Gasteiger charge is 2.41. The van der Waals surface area contributed by atoms with Crippen molar-refractivity contribution in [3.05, 3.63) is 65.9 Å². The van der Waals surface area contributed by atoms with E-state index in [-0.39, 0.29) is 44.4 Å². The third-order valence-electron chi connectivity index (χ3n) is 6.64. The van der Waals surface area contributed by atoms with E-state index in [0.717, 1.165) is 0 Å². The molecular formula is C24H26N7O7P. The number of hydrogen-bond donors (Lipinski definition) is 2. The van der Waals surface area contributed by atoms with Gasteiger partial charge in [0.2, 0.25) is 5.78 Å². The molecule has 0 radical (unpaired) electrons. The number of benzene rings is 1. The van der Waals surface area contributed by atoms with E-state index in [1.807, 2.05) is 6.07 Å². The highest BCUT2D eigenvalue weighted by atomic mass is 31.2. The van der Waals surface area contributed by atoms with Crippen molar-refractivity contribution < 1.29 is 33.3 Å². The quantitative estimate of drug-likeness (QED) is 0.307. The number of fused-ring (bicyclic) bond motifs is 1. The van der Waals surface area contributed by atoms with E-state index in [2.05, 4.69) is 15.1 Å². The molecule has 1 aromatic carbocycles. The van der Waals surface area contributed by atoms with Crippen LogP contribution in [0.5, 0.6) is 0 Å². The summed E-state index contributed by atoms with van der Waals surface area (Å²) in [6.07, 6.45) is 2.90. The highest BCUT2D eigenvalue weighted by Crippen LogP contribution is 2.43. The van der Waals surface area contributed by atoms with Gasteiger partial charge in [0.05, 0.1) is 11.6 Å². The first-order chi connectivity index (χ1) is 18.6. The molecule has 5 rings (SSSR count). The van der Waals surface area contributed by atoms with Crippen molar-refractivity contribution in [2.24, 2.45) is 0 Å². The van der Waals surface area contributed by atoms with Crippen molar-refractivity contribution in [3.63, 3.8) is 0 Å². The molecule has 3 aromatic rings. The number of pyridine rings is 1. The number of hydrogen-bond acceptors (Lipinski definition) is 9. The molecule has 2 aliphatic rings. The first-order valence-electron chi connectivity index (χ1n) is 12.1. The predicted octanol–water partition coefficient (Wildman–Crippen LogP) is 0.495. The molecule has 1 saturated heterocycles. The van der Waals surface area contributed by atoms with Gasteiger partial charge in [-0.15, -0.1) is 0 Å². The molecule has 0 saturated carbocycles. The van der Waals surface area contributed by atoms with Gasteiger partial charge in [0.1, 0.15) is 18.9 Å². The summed E-state index contributed by atoms with van der Waals surface area (Å²) in [4.78, 5) is 70.9. The van der Waals surface area contributed by atoms with Gasteiger partial charge in [0.25, 0.3) is 11.8 Å². The fourth-order valence-corrected chi connectivity index (χ4v) is 5.04. The standard InChI is InChI=1S/C24H26N7O7P/c1-16-26-14-31(27-16)22-20-18(7-8-25-22)19(13-30(20)15-38-39(35,36)37)21(32)24(34)29-11-9-28(10-12-29)23(33)17-5-3-2-4-6-17/h2-8,14,19H,9-13,15H2,1H3,(H2,35,36,37). The van der Waals surface area contributed by atoms with E-state index < -0.39 is 32.2 Å². The van der Waals surface area contributed by atoms with E-state index in [1.165, 1.54) is 27.0 Å². The summed E-state index contributed by atoms with van der Waals surface area (Å²) in [7, 11) is -4.82. The van der Waals surface area contributed by atoms with Crippen LogP contribution in [0, 0.1) is 6.92 Å². The molecule has 0 aliphatic carbocycles. The number of amides is 2. The third-order valence-corrected chi connectivity index (χ3v) is 7.09.